The molecule has 3 aromatic rings. The van der Waals surface area contributed by atoms with E-state index < -0.39 is 17.2 Å². The van der Waals surface area contributed by atoms with Gasteiger partial charge in [-0.2, -0.15) is 0 Å². The quantitative estimate of drug-likeness (QED) is 0.618. The van der Waals surface area contributed by atoms with Gasteiger partial charge >= 0.3 is 0 Å². The molecule has 0 saturated carbocycles. The highest BCUT2D eigenvalue weighted by molar-refractivity contribution is 7.85. The topological polar surface area (TPSA) is 76.9 Å². The third-order valence-corrected chi connectivity index (χ3v) is 7.14. The van der Waals surface area contributed by atoms with Gasteiger partial charge in [0.15, 0.2) is 0 Å². The van der Waals surface area contributed by atoms with Gasteiger partial charge in [-0.25, -0.2) is 18.7 Å². The summed E-state index contributed by atoms with van der Waals surface area (Å²) in [7, 11) is 0.768. The van der Waals surface area contributed by atoms with Crippen molar-refractivity contribution in [1.82, 2.24) is 14.5 Å². The fourth-order valence-corrected chi connectivity index (χ4v) is 5.12. The molecule has 0 amide bonds. The highest BCUT2D eigenvalue weighted by Crippen LogP contribution is 2.31. The fourth-order valence-electron chi connectivity index (χ4n) is 4.12. The smallest absolute Gasteiger partial charge is 0.264 e. The Morgan fingerprint density at radius 1 is 1.22 bits per heavy atom. The first kappa shape index (κ1) is 22.3. The Bertz CT molecular complexity index is 1300. The van der Waals surface area contributed by atoms with Crippen molar-refractivity contribution < 1.29 is 13.0 Å². The second-order valence-corrected chi connectivity index (χ2v) is 9.52. The molecule has 2 aromatic heterocycles. The number of nitrogens with one attached hydrogen (secondary N) is 1. The van der Waals surface area contributed by atoms with Gasteiger partial charge in [0.05, 0.1) is 11.4 Å². The van der Waals surface area contributed by atoms with E-state index in [0.29, 0.717) is 45.9 Å². The SMILES string of the molecule is Cc1c(C(F)F)cccc1[C@@H](C)Nc1ncnc2c1cc(C1=CCS(=O)CC1)c(=O)n2C. The average molecular weight is 459 g/mol. The van der Waals surface area contributed by atoms with Crippen molar-refractivity contribution >= 4 is 33.2 Å². The summed E-state index contributed by atoms with van der Waals surface area (Å²) in [6.07, 6.45) is 1.26. The van der Waals surface area contributed by atoms with Crippen molar-refractivity contribution in [2.45, 2.75) is 32.7 Å². The summed E-state index contributed by atoms with van der Waals surface area (Å²) in [6, 6.07) is 6.35. The van der Waals surface area contributed by atoms with Gasteiger partial charge in [0, 0.05) is 40.5 Å². The molecule has 0 aliphatic carbocycles. The Balaban J connectivity index is 1.78. The van der Waals surface area contributed by atoms with E-state index in [1.165, 1.54) is 17.0 Å². The number of allylic oxidation sites excluding steroid dienone is 1. The van der Waals surface area contributed by atoms with Gasteiger partial charge in [0.2, 0.25) is 0 Å². The van der Waals surface area contributed by atoms with E-state index in [-0.39, 0.29) is 17.2 Å². The summed E-state index contributed by atoms with van der Waals surface area (Å²) < 4.78 is 39.9. The molecule has 0 radical (unpaired) electrons. The van der Waals surface area contributed by atoms with Gasteiger partial charge < -0.3 is 5.32 Å². The summed E-state index contributed by atoms with van der Waals surface area (Å²) in [6.45, 7) is 3.57. The molecule has 0 saturated heterocycles. The first-order chi connectivity index (χ1) is 15.3. The Morgan fingerprint density at radius 2 is 1.97 bits per heavy atom. The van der Waals surface area contributed by atoms with Crippen molar-refractivity contribution in [3.8, 4) is 0 Å². The van der Waals surface area contributed by atoms with Crippen LogP contribution in [0.5, 0.6) is 0 Å². The molecule has 3 heterocycles. The van der Waals surface area contributed by atoms with Crippen LogP contribution in [0.1, 0.15) is 48.1 Å². The molecular weight excluding hydrogens is 434 g/mol. The molecule has 6 nitrogen and oxygen atoms in total. The molecule has 1 aliphatic rings. The molecule has 0 spiro atoms. The third kappa shape index (κ3) is 4.09. The second kappa shape index (κ2) is 8.90. The molecule has 0 fully saturated rings. The lowest BCUT2D eigenvalue weighted by Gasteiger charge is -2.21. The summed E-state index contributed by atoms with van der Waals surface area (Å²) in [4.78, 5) is 21.6. The molecule has 1 aliphatic heterocycles. The normalized spacial score (nSPS) is 17.4. The monoisotopic (exact) mass is 458 g/mol. The van der Waals surface area contributed by atoms with Crippen LogP contribution in [0.25, 0.3) is 16.6 Å². The standard InChI is InChI=1S/C23H24F2N4O2S/c1-13-16(5-4-6-17(13)20(24)25)14(2)28-21-19-11-18(15-7-9-32(31)10-8-15)23(30)29(3)22(19)27-12-26-21/h4-7,11-12,14,20H,8-10H2,1-3H3,(H,26,27,28)/t14-,32?/m1/s1. The maximum atomic E-state index is 13.3. The van der Waals surface area contributed by atoms with Crippen molar-refractivity contribution in [1.29, 1.82) is 0 Å². The fraction of sp³-hybridized carbons (Fsp3) is 0.348. The number of anilines is 1. The first-order valence-corrected chi connectivity index (χ1v) is 11.8. The number of aromatic nitrogens is 3. The molecule has 1 unspecified atom stereocenters. The first-order valence-electron chi connectivity index (χ1n) is 10.3. The zero-order chi connectivity index (χ0) is 23.0. The number of fused-ring (bicyclic) bond motifs is 1. The van der Waals surface area contributed by atoms with E-state index in [0.717, 1.165) is 11.1 Å². The predicted octanol–water partition coefficient (Wildman–Crippen LogP) is 4.28. The molecule has 9 heteroatoms. The van der Waals surface area contributed by atoms with Gasteiger partial charge in [0.25, 0.3) is 12.0 Å². The lowest BCUT2D eigenvalue weighted by Crippen LogP contribution is -2.24. The Morgan fingerprint density at radius 3 is 2.66 bits per heavy atom. The molecule has 168 valence electrons. The number of halogens is 2. The molecule has 32 heavy (non-hydrogen) atoms. The van der Waals surface area contributed by atoms with Crippen LogP contribution in [0, 0.1) is 6.92 Å². The number of benzene rings is 1. The number of pyridine rings is 1. The number of aryl methyl sites for hydroxylation is 1. The van der Waals surface area contributed by atoms with Crippen molar-refractivity contribution in [2.24, 2.45) is 7.05 Å². The highest BCUT2D eigenvalue weighted by atomic mass is 32.2. The van der Waals surface area contributed by atoms with E-state index >= 15 is 0 Å². The third-order valence-electron chi connectivity index (χ3n) is 5.94. The molecule has 1 N–H and O–H groups in total. The van der Waals surface area contributed by atoms with E-state index in [1.54, 1.807) is 26.1 Å². The maximum absolute atomic E-state index is 13.3. The Kier molecular flexibility index (Phi) is 6.19. The van der Waals surface area contributed by atoms with E-state index in [2.05, 4.69) is 15.3 Å². The van der Waals surface area contributed by atoms with Crippen LogP contribution in [-0.4, -0.2) is 30.2 Å². The molecule has 4 rings (SSSR count). The summed E-state index contributed by atoms with van der Waals surface area (Å²) in [5, 5.41) is 3.97. The Labute approximate surface area is 186 Å². The van der Waals surface area contributed by atoms with Gasteiger partial charge in [-0.05, 0) is 43.0 Å². The summed E-state index contributed by atoms with van der Waals surface area (Å²) in [5.74, 6) is 1.48. The van der Waals surface area contributed by atoms with Crippen LogP contribution in [0.15, 0.2) is 41.5 Å². The zero-order valence-corrected chi connectivity index (χ0v) is 18.9. The minimum absolute atomic E-state index is 0.00926. The largest absolute Gasteiger partial charge is 0.363 e. The number of alkyl halides is 2. The van der Waals surface area contributed by atoms with Crippen LogP contribution in [0.2, 0.25) is 0 Å². The van der Waals surface area contributed by atoms with E-state index in [1.807, 2.05) is 19.1 Å². The number of hydrogen-bond acceptors (Lipinski definition) is 5. The van der Waals surface area contributed by atoms with Crippen LogP contribution in [0.3, 0.4) is 0 Å². The van der Waals surface area contributed by atoms with Crippen molar-refractivity contribution in [3.63, 3.8) is 0 Å². The minimum Gasteiger partial charge on any atom is -0.363 e. The average Bonchev–Trinajstić information content (AvgIpc) is 2.77. The number of hydrogen-bond donors (Lipinski definition) is 1. The van der Waals surface area contributed by atoms with Crippen LogP contribution < -0.4 is 10.9 Å². The van der Waals surface area contributed by atoms with E-state index in [4.69, 9.17) is 0 Å². The summed E-state index contributed by atoms with van der Waals surface area (Å²) >= 11 is 0. The number of rotatable bonds is 5. The lowest BCUT2D eigenvalue weighted by atomic mass is 9.97. The predicted molar refractivity (Wildman–Crippen MR) is 123 cm³/mol. The van der Waals surface area contributed by atoms with Gasteiger partial charge in [-0.15, -0.1) is 0 Å². The second-order valence-electron chi connectivity index (χ2n) is 7.90. The zero-order valence-electron chi connectivity index (χ0n) is 18.1. The summed E-state index contributed by atoms with van der Waals surface area (Å²) in [5.41, 5.74) is 3.01. The van der Waals surface area contributed by atoms with Crippen LogP contribution in [-0.2, 0) is 17.8 Å². The van der Waals surface area contributed by atoms with E-state index in [9.17, 15) is 17.8 Å². The van der Waals surface area contributed by atoms with Gasteiger partial charge in [-0.3, -0.25) is 13.6 Å². The maximum Gasteiger partial charge on any atom is 0.264 e. The number of nitrogens with zero attached hydrogens (tertiary/aromatic N) is 3. The van der Waals surface area contributed by atoms with Crippen LogP contribution in [0.4, 0.5) is 14.6 Å². The molecule has 0 bridgehead atoms. The highest BCUT2D eigenvalue weighted by Gasteiger charge is 2.20. The van der Waals surface area contributed by atoms with Gasteiger partial charge in [-0.1, -0.05) is 24.3 Å². The molecular formula is C23H24F2N4O2S. The molecule has 2 atom stereocenters. The molecule has 1 aromatic carbocycles. The lowest BCUT2D eigenvalue weighted by molar-refractivity contribution is 0.150. The van der Waals surface area contributed by atoms with Crippen molar-refractivity contribution in [3.05, 3.63) is 69.3 Å². The van der Waals surface area contributed by atoms with Crippen LogP contribution >= 0.6 is 0 Å². The Hall–Kier alpha value is -2.94. The van der Waals surface area contributed by atoms with Gasteiger partial charge in [0.1, 0.15) is 17.8 Å². The van der Waals surface area contributed by atoms with Crippen molar-refractivity contribution in [2.75, 3.05) is 16.8 Å². The minimum atomic E-state index is -2.54.